The standard InChI is InChI=1S/C25H37N3O3/c1-3-4-14-23(29)28-16-15-27(18-19(28)2)25(31)22(17-20-10-6-5-7-11-20)26-24(30)21-12-8-9-13-21/h5-7,10-11,19,21-22H,3-4,8-9,12-18H2,1-2H3,(H,26,30). The Balaban J connectivity index is 1.66. The van der Waals surface area contributed by atoms with Crippen molar-refractivity contribution in [2.75, 3.05) is 19.6 Å². The lowest BCUT2D eigenvalue weighted by Gasteiger charge is -2.41. The molecular weight excluding hydrogens is 390 g/mol. The summed E-state index contributed by atoms with van der Waals surface area (Å²) in [6.07, 6.45) is 6.95. The molecule has 0 spiro atoms. The second-order valence-corrected chi connectivity index (χ2v) is 9.06. The first-order chi connectivity index (χ1) is 15.0. The Bertz CT molecular complexity index is 746. The number of hydrogen-bond donors (Lipinski definition) is 1. The fraction of sp³-hybridized carbons (Fsp3) is 0.640. The fourth-order valence-corrected chi connectivity index (χ4v) is 4.75. The predicted molar refractivity (Wildman–Crippen MR) is 121 cm³/mol. The zero-order chi connectivity index (χ0) is 22.2. The molecule has 1 aliphatic heterocycles. The maximum atomic E-state index is 13.5. The van der Waals surface area contributed by atoms with E-state index < -0.39 is 6.04 Å². The van der Waals surface area contributed by atoms with Crippen LogP contribution >= 0.6 is 0 Å². The van der Waals surface area contributed by atoms with Crippen LogP contribution in [0.5, 0.6) is 0 Å². The molecule has 2 fully saturated rings. The van der Waals surface area contributed by atoms with Gasteiger partial charge in [0.2, 0.25) is 17.7 Å². The predicted octanol–water partition coefficient (Wildman–Crippen LogP) is 3.15. The maximum Gasteiger partial charge on any atom is 0.245 e. The molecule has 3 amide bonds. The zero-order valence-corrected chi connectivity index (χ0v) is 19.0. The largest absolute Gasteiger partial charge is 0.344 e. The SMILES string of the molecule is CCCCC(=O)N1CCN(C(=O)C(Cc2ccccc2)NC(=O)C2CCCC2)CC1C. The van der Waals surface area contributed by atoms with E-state index in [-0.39, 0.29) is 29.7 Å². The maximum absolute atomic E-state index is 13.5. The van der Waals surface area contributed by atoms with E-state index in [2.05, 4.69) is 12.2 Å². The van der Waals surface area contributed by atoms with Crippen molar-refractivity contribution >= 4 is 17.7 Å². The number of benzene rings is 1. The van der Waals surface area contributed by atoms with Gasteiger partial charge in [-0.2, -0.15) is 0 Å². The summed E-state index contributed by atoms with van der Waals surface area (Å²) in [5.41, 5.74) is 1.04. The quantitative estimate of drug-likeness (QED) is 0.693. The second kappa shape index (κ2) is 11.3. The smallest absolute Gasteiger partial charge is 0.245 e. The molecule has 2 unspecified atom stereocenters. The van der Waals surface area contributed by atoms with E-state index in [9.17, 15) is 14.4 Å². The number of hydrogen-bond acceptors (Lipinski definition) is 3. The molecule has 1 aliphatic carbocycles. The summed E-state index contributed by atoms with van der Waals surface area (Å²) in [6.45, 7) is 5.68. The van der Waals surface area contributed by atoms with Crippen molar-refractivity contribution in [2.45, 2.75) is 77.3 Å². The van der Waals surface area contributed by atoms with Crippen LogP contribution in [-0.4, -0.2) is 59.2 Å². The molecule has 1 heterocycles. The van der Waals surface area contributed by atoms with Gasteiger partial charge in [0.25, 0.3) is 0 Å². The molecule has 0 bridgehead atoms. The van der Waals surface area contributed by atoms with Crippen molar-refractivity contribution in [1.82, 2.24) is 15.1 Å². The van der Waals surface area contributed by atoms with Crippen LogP contribution in [-0.2, 0) is 20.8 Å². The Morgan fingerprint density at radius 3 is 2.45 bits per heavy atom. The van der Waals surface area contributed by atoms with E-state index in [1.165, 1.54) is 0 Å². The Morgan fingerprint density at radius 2 is 1.81 bits per heavy atom. The molecule has 1 saturated heterocycles. The first-order valence-corrected chi connectivity index (χ1v) is 11.9. The van der Waals surface area contributed by atoms with E-state index in [1.54, 1.807) is 0 Å². The number of piperazine rings is 1. The third-order valence-electron chi connectivity index (χ3n) is 6.63. The van der Waals surface area contributed by atoms with Gasteiger partial charge in [-0.25, -0.2) is 0 Å². The Labute approximate surface area is 186 Å². The Hall–Kier alpha value is -2.37. The molecule has 31 heavy (non-hydrogen) atoms. The van der Waals surface area contributed by atoms with Crippen molar-refractivity contribution < 1.29 is 14.4 Å². The molecule has 1 aromatic rings. The van der Waals surface area contributed by atoms with Crippen LogP contribution in [0.4, 0.5) is 0 Å². The van der Waals surface area contributed by atoms with Gasteiger partial charge in [-0.05, 0) is 31.7 Å². The van der Waals surface area contributed by atoms with Gasteiger partial charge in [0.05, 0.1) is 0 Å². The van der Waals surface area contributed by atoms with Crippen molar-refractivity contribution in [3.05, 3.63) is 35.9 Å². The average molecular weight is 428 g/mol. The van der Waals surface area contributed by atoms with Crippen LogP contribution in [0.15, 0.2) is 30.3 Å². The number of unbranched alkanes of at least 4 members (excludes halogenated alkanes) is 1. The molecule has 6 heteroatoms. The van der Waals surface area contributed by atoms with E-state index >= 15 is 0 Å². The van der Waals surface area contributed by atoms with Crippen LogP contribution in [0, 0.1) is 5.92 Å². The number of nitrogens with zero attached hydrogens (tertiary/aromatic N) is 2. The van der Waals surface area contributed by atoms with E-state index in [4.69, 9.17) is 0 Å². The average Bonchev–Trinajstić information content (AvgIpc) is 3.32. The third kappa shape index (κ3) is 6.31. The van der Waals surface area contributed by atoms with Gasteiger partial charge in [0.15, 0.2) is 0 Å². The molecule has 1 saturated carbocycles. The molecular formula is C25H37N3O3. The lowest BCUT2D eigenvalue weighted by Crippen LogP contribution is -2.59. The first kappa shape index (κ1) is 23.3. The topological polar surface area (TPSA) is 69.7 Å². The molecule has 1 N–H and O–H groups in total. The molecule has 170 valence electrons. The minimum atomic E-state index is -0.565. The summed E-state index contributed by atoms with van der Waals surface area (Å²) in [6, 6.07) is 9.28. The highest BCUT2D eigenvalue weighted by Crippen LogP contribution is 2.25. The van der Waals surface area contributed by atoms with E-state index in [0.29, 0.717) is 32.5 Å². The summed E-state index contributed by atoms with van der Waals surface area (Å²) < 4.78 is 0. The van der Waals surface area contributed by atoms with Crippen molar-refractivity contribution in [3.63, 3.8) is 0 Å². The van der Waals surface area contributed by atoms with Gasteiger partial charge in [0, 0.05) is 44.4 Å². The summed E-state index contributed by atoms with van der Waals surface area (Å²) in [5, 5.41) is 3.07. The highest BCUT2D eigenvalue weighted by molar-refractivity contribution is 5.89. The van der Waals surface area contributed by atoms with Crippen molar-refractivity contribution in [1.29, 1.82) is 0 Å². The fourth-order valence-electron chi connectivity index (χ4n) is 4.75. The minimum absolute atomic E-state index is 0.00760. The zero-order valence-electron chi connectivity index (χ0n) is 19.0. The Kier molecular flexibility index (Phi) is 8.50. The molecule has 0 aromatic heterocycles. The number of rotatable bonds is 8. The summed E-state index contributed by atoms with van der Waals surface area (Å²) in [7, 11) is 0. The monoisotopic (exact) mass is 427 g/mol. The summed E-state index contributed by atoms with van der Waals surface area (Å²) in [4.78, 5) is 42.5. The number of carbonyl (C=O) groups excluding carboxylic acids is 3. The third-order valence-corrected chi connectivity index (χ3v) is 6.63. The van der Waals surface area contributed by atoms with Crippen LogP contribution in [0.25, 0.3) is 0 Å². The van der Waals surface area contributed by atoms with E-state index in [1.807, 2.05) is 47.1 Å². The van der Waals surface area contributed by atoms with Gasteiger partial charge in [-0.1, -0.05) is 56.5 Å². The number of carbonyl (C=O) groups is 3. The molecule has 3 rings (SSSR count). The number of amides is 3. The molecule has 2 aliphatic rings. The van der Waals surface area contributed by atoms with Gasteiger partial charge >= 0.3 is 0 Å². The van der Waals surface area contributed by atoms with Crippen molar-refractivity contribution in [2.24, 2.45) is 5.92 Å². The van der Waals surface area contributed by atoms with Gasteiger partial charge in [0.1, 0.15) is 6.04 Å². The summed E-state index contributed by atoms with van der Waals surface area (Å²) >= 11 is 0. The molecule has 6 nitrogen and oxygen atoms in total. The van der Waals surface area contributed by atoms with Crippen LogP contribution in [0.3, 0.4) is 0 Å². The summed E-state index contributed by atoms with van der Waals surface area (Å²) in [5.74, 6) is 0.172. The highest BCUT2D eigenvalue weighted by atomic mass is 16.2. The Morgan fingerprint density at radius 1 is 1.10 bits per heavy atom. The van der Waals surface area contributed by atoms with Gasteiger partial charge < -0.3 is 15.1 Å². The van der Waals surface area contributed by atoms with Gasteiger partial charge in [-0.3, -0.25) is 14.4 Å². The second-order valence-electron chi connectivity index (χ2n) is 9.06. The van der Waals surface area contributed by atoms with Crippen LogP contribution in [0.1, 0.15) is 64.4 Å². The molecule has 1 aromatic carbocycles. The van der Waals surface area contributed by atoms with Gasteiger partial charge in [-0.15, -0.1) is 0 Å². The number of nitrogens with one attached hydrogen (secondary N) is 1. The normalized spacial score (nSPS) is 20.5. The lowest BCUT2D eigenvalue weighted by molar-refractivity contribution is -0.144. The van der Waals surface area contributed by atoms with Crippen LogP contribution < -0.4 is 5.32 Å². The lowest BCUT2D eigenvalue weighted by atomic mass is 10.0. The minimum Gasteiger partial charge on any atom is -0.344 e. The van der Waals surface area contributed by atoms with E-state index in [0.717, 1.165) is 44.1 Å². The molecule has 0 radical (unpaired) electrons. The van der Waals surface area contributed by atoms with Crippen molar-refractivity contribution in [3.8, 4) is 0 Å². The van der Waals surface area contributed by atoms with Crippen LogP contribution in [0.2, 0.25) is 0 Å². The highest BCUT2D eigenvalue weighted by Gasteiger charge is 2.34. The molecule has 2 atom stereocenters. The first-order valence-electron chi connectivity index (χ1n) is 11.9.